The van der Waals surface area contributed by atoms with Gasteiger partial charge in [-0.15, -0.1) is 11.3 Å². The number of likely N-dealkylation sites (tertiary alicyclic amines) is 1. The molecule has 118 valence electrons. The van der Waals surface area contributed by atoms with Crippen molar-refractivity contribution >= 4 is 17.2 Å². The van der Waals surface area contributed by atoms with E-state index >= 15 is 0 Å². The number of hydrogen-bond donors (Lipinski definition) is 1. The van der Waals surface area contributed by atoms with Crippen LogP contribution in [0.1, 0.15) is 59.4 Å². The van der Waals surface area contributed by atoms with Crippen molar-refractivity contribution in [3.63, 3.8) is 0 Å². The molecular weight excluding hydrogens is 282 g/mol. The summed E-state index contributed by atoms with van der Waals surface area (Å²) in [5.74, 6) is 0.0313. The van der Waals surface area contributed by atoms with Crippen molar-refractivity contribution in [2.75, 3.05) is 19.6 Å². The van der Waals surface area contributed by atoms with E-state index in [0.29, 0.717) is 0 Å². The second-order valence-electron chi connectivity index (χ2n) is 5.85. The van der Waals surface area contributed by atoms with Crippen LogP contribution < -0.4 is 5.32 Å². The Hall–Kier alpha value is -0.940. The van der Waals surface area contributed by atoms with Gasteiger partial charge in [0.25, 0.3) is 5.91 Å². The average molecular weight is 309 g/mol. The Morgan fingerprint density at radius 1 is 1.43 bits per heavy atom. The first-order chi connectivity index (χ1) is 10.1. The molecular formula is C16H27N3OS. The molecule has 0 aromatic carbocycles. The molecule has 2 rings (SSSR count). The fraction of sp³-hybridized carbons (Fsp3) is 0.750. The normalized spacial score (nSPS) is 19.7. The molecule has 1 aliphatic heterocycles. The Balaban J connectivity index is 1.72. The Morgan fingerprint density at radius 3 is 2.90 bits per heavy atom. The molecule has 5 heteroatoms. The molecule has 1 fully saturated rings. The highest BCUT2D eigenvalue weighted by Crippen LogP contribution is 2.19. The summed E-state index contributed by atoms with van der Waals surface area (Å²) in [6.07, 6.45) is 6.30. The molecule has 2 heterocycles. The molecule has 1 unspecified atom stereocenters. The first-order valence-electron chi connectivity index (χ1n) is 8.08. The van der Waals surface area contributed by atoms with E-state index in [1.807, 2.05) is 13.8 Å². The number of amides is 1. The summed E-state index contributed by atoms with van der Waals surface area (Å²) in [4.78, 5) is 19.8. The van der Waals surface area contributed by atoms with Crippen molar-refractivity contribution in [1.29, 1.82) is 0 Å². The molecule has 1 atom stereocenters. The molecule has 1 aliphatic rings. The van der Waals surface area contributed by atoms with Crippen molar-refractivity contribution in [3.8, 4) is 0 Å². The van der Waals surface area contributed by atoms with Gasteiger partial charge in [-0.05, 0) is 46.1 Å². The van der Waals surface area contributed by atoms with E-state index in [-0.39, 0.29) is 5.91 Å². The Labute approximate surface area is 132 Å². The molecule has 0 saturated carbocycles. The molecule has 1 aromatic heterocycles. The minimum atomic E-state index is 0.0313. The van der Waals surface area contributed by atoms with Gasteiger partial charge in [0.05, 0.1) is 10.7 Å². The summed E-state index contributed by atoms with van der Waals surface area (Å²) in [5.41, 5.74) is 0.845. The van der Waals surface area contributed by atoms with Gasteiger partial charge in [-0.2, -0.15) is 0 Å². The molecule has 1 N–H and O–H groups in total. The van der Waals surface area contributed by atoms with Crippen LogP contribution >= 0.6 is 11.3 Å². The standard InChI is InChI=1S/C16H27N3OS/c1-4-14-8-5-6-10-19(14)11-7-9-17-16(20)15-12(2)18-13(3)21-15/h14H,4-11H2,1-3H3,(H,17,20). The van der Waals surface area contributed by atoms with Crippen LogP contribution in [0.3, 0.4) is 0 Å². The summed E-state index contributed by atoms with van der Waals surface area (Å²) in [6, 6.07) is 0.751. The molecule has 1 amide bonds. The summed E-state index contributed by atoms with van der Waals surface area (Å²) >= 11 is 1.48. The van der Waals surface area contributed by atoms with Gasteiger partial charge >= 0.3 is 0 Å². The van der Waals surface area contributed by atoms with Gasteiger partial charge in [-0.1, -0.05) is 13.3 Å². The van der Waals surface area contributed by atoms with Gasteiger partial charge in [0.1, 0.15) is 4.88 Å². The van der Waals surface area contributed by atoms with Crippen LogP contribution in [0.4, 0.5) is 0 Å². The van der Waals surface area contributed by atoms with Crippen LogP contribution in [0.2, 0.25) is 0 Å². The van der Waals surface area contributed by atoms with E-state index in [4.69, 9.17) is 0 Å². The van der Waals surface area contributed by atoms with E-state index in [9.17, 15) is 4.79 Å². The largest absolute Gasteiger partial charge is 0.351 e. The minimum absolute atomic E-state index is 0.0313. The van der Waals surface area contributed by atoms with Crippen molar-refractivity contribution in [2.24, 2.45) is 0 Å². The number of nitrogens with zero attached hydrogens (tertiary/aromatic N) is 2. The zero-order valence-corrected chi connectivity index (χ0v) is 14.3. The lowest BCUT2D eigenvalue weighted by molar-refractivity contribution is 0.0950. The van der Waals surface area contributed by atoms with Gasteiger partial charge in [0.15, 0.2) is 0 Å². The molecule has 1 aromatic rings. The summed E-state index contributed by atoms with van der Waals surface area (Å²) in [6.45, 7) is 9.19. The molecule has 0 radical (unpaired) electrons. The highest BCUT2D eigenvalue weighted by Gasteiger charge is 2.20. The molecule has 0 aliphatic carbocycles. The molecule has 1 saturated heterocycles. The third-order valence-corrected chi connectivity index (χ3v) is 5.31. The van der Waals surface area contributed by atoms with Gasteiger partial charge < -0.3 is 10.2 Å². The first-order valence-corrected chi connectivity index (χ1v) is 8.89. The van der Waals surface area contributed by atoms with E-state index < -0.39 is 0 Å². The number of aryl methyl sites for hydroxylation is 2. The van der Waals surface area contributed by atoms with Crippen molar-refractivity contribution < 1.29 is 4.79 Å². The number of nitrogens with one attached hydrogen (secondary N) is 1. The Kier molecular flexibility index (Phi) is 6.18. The van der Waals surface area contributed by atoms with Crippen LogP contribution in [0.15, 0.2) is 0 Å². The fourth-order valence-corrected chi connectivity index (χ4v) is 3.96. The highest BCUT2D eigenvalue weighted by molar-refractivity contribution is 7.13. The van der Waals surface area contributed by atoms with E-state index in [0.717, 1.165) is 41.1 Å². The van der Waals surface area contributed by atoms with Crippen LogP contribution in [-0.4, -0.2) is 41.5 Å². The summed E-state index contributed by atoms with van der Waals surface area (Å²) in [7, 11) is 0. The maximum Gasteiger partial charge on any atom is 0.263 e. The number of piperidine rings is 1. The maximum atomic E-state index is 12.1. The van der Waals surface area contributed by atoms with Crippen LogP contribution in [-0.2, 0) is 0 Å². The SMILES string of the molecule is CCC1CCCCN1CCCNC(=O)c1sc(C)nc1C. The summed E-state index contributed by atoms with van der Waals surface area (Å²) < 4.78 is 0. The van der Waals surface area contributed by atoms with Crippen LogP contribution in [0.25, 0.3) is 0 Å². The molecule has 21 heavy (non-hydrogen) atoms. The van der Waals surface area contributed by atoms with Gasteiger partial charge in [-0.25, -0.2) is 4.98 Å². The van der Waals surface area contributed by atoms with E-state index in [2.05, 4.69) is 22.1 Å². The molecule has 0 spiro atoms. The second-order valence-corrected chi connectivity index (χ2v) is 7.05. The second kappa shape index (κ2) is 7.90. The third kappa shape index (κ3) is 4.51. The maximum absolute atomic E-state index is 12.1. The number of thiazole rings is 1. The first kappa shape index (κ1) is 16.4. The monoisotopic (exact) mass is 309 g/mol. The number of hydrogen-bond acceptors (Lipinski definition) is 4. The number of rotatable bonds is 6. The topological polar surface area (TPSA) is 45.2 Å². The number of carbonyl (C=O) groups is 1. The van der Waals surface area contributed by atoms with Gasteiger partial charge in [-0.3, -0.25) is 4.79 Å². The highest BCUT2D eigenvalue weighted by atomic mass is 32.1. The predicted molar refractivity (Wildman–Crippen MR) is 88.0 cm³/mol. The van der Waals surface area contributed by atoms with Gasteiger partial charge in [0.2, 0.25) is 0 Å². The lowest BCUT2D eigenvalue weighted by atomic mass is 10.00. The Bertz CT molecular complexity index is 472. The minimum Gasteiger partial charge on any atom is -0.351 e. The Morgan fingerprint density at radius 2 is 2.24 bits per heavy atom. The smallest absolute Gasteiger partial charge is 0.263 e. The third-order valence-electron chi connectivity index (χ3n) is 4.24. The van der Waals surface area contributed by atoms with E-state index in [1.54, 1.807) is 0 Å². The summed E-state index contributed by atoms with van der Waals surface area (Å²) in [5, 5.41) is 3.99. The fourth-order valence-electron chi connectivity index (χ4n) is 3.12. The van der Waals surface area contributed by atoms with Crippen molar-refractivity contribution in [2.45, 2.75) is 58.9 Å². The van der Waals surface area contributed by atoms with Crippen LogP contribution in [0.5, 0.6) is 0 Å². The van der Waals surface area contributed by atoms with Crippen LogP contribution in [0, 0.1) is 13.8 Å². The number of aromatic nitrogens is 1. The van der Waals surface area contributed by atoms with E-state index in [1.165, 1.54) is 43.6 Å². The molecule has 4 nitrogen and oxygen atoms in total. The zero-order valence-electron chi connectivity index (χ0n) is 13.4. The van der Waals surface area contributed by atoms with Crippen molar-refractivity contribution in [3.05, 3.63) is 15.6 Å². The van der Waals surface area contributed by atoms with Crippen molar-refractivity contribution in [1.82, 2.24) is 15.2 Å². The lowest BCUT2D eigenvalue weighted by Crippen LogP contribution is -2.40. The number of carbonyl (C=O) groups excluding carboxylic acids is 1. The average Bonchev–Trinajstić information content (AvgIpc) is 2.82. The quantitative estimate of drug-likeness (QED) is 0.821. The zero-order chi connectivity index (χ0) is 15.2. The lowest BCUT2D eigenvalue weighted by Gasteiger charge is -2.35. The molecule has 0 bridgehead atoms. The van der Waals surface area contributed by atoms with Gasteiger partial charge in [0, 0.05) is 19.1 Å². The predicted octanol–water partition coefficient (Wildman–Crippen LogP) is 3.14.